The Morgan fingerprint density at radius 2 is 1.82 bits per heavy atom. The van der Waals surface area contributed by atoms with Crippen molar-refractivity contribution in [1.82, 2.24) is 4.98 Å². The first kappa shape index (κ1) is 12.6. The summed E-state index contributed by atoms with van der Waals surface area (Å²) < 4.78 is 0.698. The highest BCUT2D eigenvalue weighted by Gasteiger charge is 2.27. The van der Waals surface area contributed by atoms with Gasteiger partial charge in [-0.15, -0.1) is 0 Å². The van der Waals surface area contributed by atoms with E-state index >= 15 is 0 Å². The highest BCUT2D eigenvalue weighted by Crippen LogP contribution is 2.29. The molecule has 0 saturated carbocycles. The van der Waals surface area contributed by atoms with Crippen LogP contribution in [0, 0.1) is 0 Å². The molecule has 0 aliphatic heterocycles. The summed E-state index contributed by atoms with van der Waals surface area (Å²) in [7, 11) is 0. The van der Waals surface area contributed by atoms with Gasteiger partial charge < -0.3 is 5.11 Å². The van der Waals surface area contributed by atoms with Crippen LogP contribution in [0.2, 0.25) is 5.02 Å². The lowest BCUT2D eigenvalue weighted by atomic mass is 9.92. The zero-order chi connectivity index (χ0) is 12.5. The molecule has 2 nitrogen and oxygen atoms in total. The van der Waals surface area contributed by atoms with E-state index in [9.17, 15) is 5.11 Å². The largest absolute Gasteiger partial charge is 0.379 e. The summed E-state index contributed by atoms with van der Waals surface area (Å²) in [5.41, 5.74) is 0.218. The van der Waals surface area contributed by atoms with Gasteiger partial charge in [0, 0.05) is 5.02 Å². The van der Waals surface area contributed by atoms with E-state index in [2.05, 4.69) is 20.9 Å². The molecule has 1 heterocycles. The number of nitrogens with zero attached hydrogens (tertiary/aromatic N) is 1. The van der Waals surface area contributed by atoms with E-state index in [1.807, 2.05) is 12.1 Å². The van der Waals surface area contributed by atoms with Gasteiger partial charge in [0.1, 0.15) is 10.2 Å². The molecule has 1 atom stereocenters. The summed E-state index contributed by atoms with van der Waals surface area (Å²) in [4.78, 5) is 4.28. The van der Waals surface area contributed by atoms with E-state index < -0.39 is 5.60 Å². The highest BCUT2D eigenvalue weighted by atomic mass is 79.9. The van der Waals surface area contributed by atoms with Gasteiger partial charge in [-0.25, -0.2) is 4.98 Å². The molecular weight excluding hydrogens is 302 g/mol. The Bertz CT molecular complexity index is 525. The fraction of sp³-hybridized carbons (Fsp3) is 0.154. The van der Waals surface area contributed by atoms with Crippen molar-refractivity contribution in [1.29, 1.82) is 0 Å². The zero-order valence-corrected chi connectivity index (χ0v) is 11.5. The minimum Gasteiger partial charge on any atom is -0.379 e. The molecule has 2 rings (SSSR count). The van der Waals surface area contributed by atoms with Crippen molar-refractivity contribution < 1.29 is 5.11 Å². The molecule has 1 aromatic heterocycles. The van der Waals surface area contributed by atoms with Crippen molar-refractivity contribution >= 4 is 27.5 Å². The lowest BCUT2D eigenvalue weighted by Gasteiger charge is -2.23. The number of hydrogen-bond acceptors (Lipinski definition) is 2. The van der Waals surface area contributed by atoms with Crippen molar-refractivity contribution in [3.8, 4) is 0 Å². The van der Waals surface area contributed by atoms with Crippen LogP contribution < -0.4 is 0 Å². The van der Waals surface area contributed by atoms with Crippen LogP contribution in [0.1, 0.15) is 18.2 Å². The van der Waals surface area contributed by atoms with Crippen LogP contribution in [0.3, 0.4) is 0 Å². The van der Waals surface area contributed by atoms with Gasteiger partial charge in [-0.3, -0.25) is 0 Å². The first-order valence-electron chi connectivity index (χ1n) is 5.11. The van der Waals surface area contributed by atoms with E-state index in [1.165, 1.54) is 0 Å². The minimum absolute atomic E-state index is 0.592. The van der Waals surface area contributed by atoms with Crippen LogP contribution in [0.5, 0.6) is 0 Å². The number of halogens is 2. The van der Waals surface area contributed by atoms with E-state index in [4.69, 9.17) is 11.6 Å². The third-order valence-electron chi connectivity index (χ3n) is 2.62. The number of rotatable bonds is 2. The molecule has 4 heteroatoms. The number of aromatic nitrogens is 1. The Morgan fingerprint density at radius 3 is 2.41 bits per heavy atom. The maximum atomic E-state index is 10.5. The van der Waals surface area contributed by atoms with Crippen LogP contribution >= 0.6 is 27.5 Å². The molecule has 0 aliphatic carbocycles. The molecule has 0 spiro atoms. The van der Waals surface area contributed by atoms with Gasteiger partial charge in [0.15, 0.2) is 0 Å². The van der Waals surface area contributed by atoms with E-state index in [0.717, 1.165) is 5.56 Å². The first-order valence-corrected chi connectivity index (χ1v) is 6.29. The predicted octanol–water partition coefficient (Wildman–Crippen LogP) is 3.75. The summed E-state index contributed by atoms with van der Waals surface area (Å²) in [5, 5.41) is 11.2. The van der Waals surface area contributed by atoms with Crippen LogP contribution in [0.4, 0.5) is 0 Å². The zero-order valence-electron chi connectivity index (χ0n) is 9.19. The van der Waals surface area contributed by atoms with Gasteiger partial charge in [0.25, 0.3) is 0 Å². The highest BCUT2D eigenvalue weighted by molar-refractivity contribution is 9.10. The third-order valence-corrected chi connectivity index (χ3v) is 3.31. The van der Waals surface area contributed by atoms with E-state index in [1.54, 1.807) is 37.3 Å². The van der Waals surface area contributed by atoms with Crippen LogP contribution in [-0.4, -0.2) is 10.1 Å². The molecule has 0 radical (unpaired) electrons. The van der Waals surface area contributed by atoms with Crippen molar-refractivity contribution in [3.63, 3.8) is 0 Å². The number of aliphatic hydroxyl groups is 1. The molecule has 17 heavy (non-hydrogen) atoms. The normalized spacial score (nSPS) is 14.4. The monoisotopic (exact) mass is 311 g/mol. The summed E-state index contributed by atoms with van der Waals surface area (Å²) in [6.07, 6.45) is 0. The second-order valence-electron chi connectivity index (χ2n) is 3.92. The van der Waals surface area contributed by atoms with E-state index in [0.29, 0.717) is 15.3 Å². The number of hydrogen-bond donors (Lipinski definition) is 1. The second-order valence-corrected chi connectivity index (χ2v) is 5.17. The van der Waals surface area contributed by atoms with Crippen LogP contribution in [-0.2, 0) is 5.60 Å². The number of pyridine rings is 1. The average molecular weight is 313 g/mol. The second kappa shape index (κ2) is 4.77. The molecule has 0 saturated heterocycles. The van der Waals surface area contributed by atoms with Crippen molar-refractivity contribution in [2.75, 3.05) is 0 Å². The molecule has 0 fully saturated rings. The summed E-state index contributed by atoms with van der Waals surface area (Å²) in [6.45, 7) is 1.71. The Kier molecular flexibility index (Phi) is 3.52. The summed E-state index contributed by atoms with van der Waals surface area (Å²) in [6, 6.07) is 12.6. The average Bonchev–Trinajstić information content (AvgIpc) is 2.29. The van der Waals surface area contributed by atoms with Gasteiger partial charge in [0.05, 0.1) is 5.69 Å². The predicted molar refractivity (Wildman–Crippen MR) is 72.1 cm³/mol. The van der Waals surface area contributed by atoms with E-state index in [-0.39, 0.29) is 0 Å². The first-order chi connectivity index (χ1) is 8.00. The lowest BCUT2D eigenvalue weighted by Crippen LogP contribution is -2.24. The van der Waals surface area contributed by atoms with Gasteiger partial charge in [-0.1, -0.05) is 29.8 Å². The smallest absolute Gasteiger partial charge is 0.129 e. The number of benzene rings is 1. The molecule has 0 aliphatic rings. The Labute approximate surface area is 113 Å². The quantitative estimate of drug-likeness (QED) is 0.857. The fourth-order valence-electron chi connectivity index (χ4n) is 1.60. The van der Waals surface area contributed by atoms with Crippen LogP contribution in [0.15, 0.2) is 47.1 Å². The maximum Gasteiger partial charge on any atom is 0.129 e. The van der Waals surface area contributed by atoms with Crippen molar-refractivity contribution in [3.05, 3.63) is 63.3 Å². The Balaban J connectivity index is 2.45. The molecule has 88 valence electrons. The Morgan fingerprint density at radius 1 is 1.18 bits per heavy atom. The van der Waals surface area contributed by atoms with Gasteiger partial charge in [-0.05, 0) is 52.7 Å². The van der Waals surface area contributed by atoms with Crippen molar-refractivity contribution in [2.24, 2.45) is 0 Å². The minimum atomic E-state index is -1.13. The summed E-state index contributed by atoms with van der Waals surface area (Å²) in [5.74, 6) is 0. The third kappa shape index (κ3) is 2.68. The van der Waals surface area contributed by atoms with Crippen molar-refractivity contribution in [2.45, 2.75) is 12.5 Å². The molecule has 0 amide bonds. The fourth-order valence-corrected chi connectivity index (χ4v) is 2.07. The standard InChI is InChI=1S/C13H11BrClNO/c1-13(17,9-5-7-10(15)8-6-9)11-3-2-4-12(14)16-11/h2-8,17H,1H3. The van der Waals surface area contributed by atoms with Gasteiger partial charge in [0.2, 0.25) is 0 Å². The summed E-state index contributed by atoms with van der Waals surface area (Å²) >= 11 is 9.12. The Hall–Kier alpha value is -0.900. The molecular formula is C13H11BrClNO. The topological polar surface area (TPSA) is 33.1 Å². The molecule has 1 aromatic carbocycles. The van der Waals surface area contributed by atoms with Gasteiger partial charge in [-0.2, -0.15) is 0 Å². The molecule has 1 unspecified atom stereocenters. The molecule has 2 aromatic rings. The van der Waals surface area contributed by atoms with Gasteiger partial charge >= 0.3 is 0 Å². The molecule has 0 bridgehead atoms. The van der Waals surface area contributed by atoms with Crippen LogP contribution in [0.25, 0.3) is 0 Å². The lowest BCUT2D eigenvalue weighted by molar-refractivity contribution is 0.0972. The molecule has 1 N–H and O–H groups in total. The SMILES string of the molecule is CC(O)(c1ccc(Cl)cc1)c1cccc(Br)n1. The maximum absolute atomic E-state index is 10.5.